The van der Waals surface area contributed by atoms with Crippen molar-refractivity contribution in [2.45, 2.75) is 46.2 Å². The summed E-state index contributed by atoms with van der Waals surface area (Å²) in [7, 11) is -3.62. The number of rotatable bonds is 5. The molecule has 5 nitrogen and oxygen atoms in total. The van der Waals surface area contributed by atoms with Crippen LogP contribution >= 0.6 is 0 Å². The number of hydrogen-bond donors (Lipinski definition) is 0. The topological polar surface area (TPSA) is 57.7 Å². The SMILES string of the molecule is CC[C@H](C(=O)N1CCc2ccccc2C1)N(c1ccc(C)c(C)c1)S(C)(=O)=O. The lowest BCUT2D eigenvalue weighted by Crippen LogP contribution is -2.51. The molecule has 28 heavy (non-hydrogen) atoms. The number of aryl methyl sites for hydroxylation is 2. The van der Waals surface area contributed by atoms with Crippen LogP contribution in [0.15, 0.2) is 42.5 Å². The van der Waals surface area contributed by atoms with Gasteiger partial charge in [-0.2, -0.15) is 0 Å². The van der Waals surface area contributed by atoms with Crippen LogP contribution in [0.1, 0.15) is 35.6 Å². The Morgan fingerprint density at radius 1 is 1.11 bits per heavy atom. The first kappa shape index (κ1) is 20.4. The fraction of sp³-hybridized carbons (Fsp3) is 0.409. The number of amides is 1. The summed E-state index contributed by atoms with van der Waals surface area (Å²) in [5, 5.41) is 0. The fourth-order valence-electron chi connectivity index (χ4n) is 3.80. The van der Waals surface area contributed by atoms with E-state index in [1.165, 1.54) is 16.1 Å². The Morgan fingerprint density at radius 2 is 1.79 bits per heavy atom. The molecule has 1 aliphatic rings. The van der Waals surface area contributed by atoms with Gasteiger partial charge in [0.2, 0.25) is 15.9 Å². The van der Waals surface area contributed by atoms with Crippen molar-refractivity contribution in [3.05, 3.63) is 64.7 Å². The predicted molar refractivity (Wildman–Crippen MR) is 113 cm³/mol. The van der Waals surface area contributed by atoms with Crippen molar-refractivity contribution >= 4 is 21.6 Å². The Kier molecular flexibility index (Phi) is 5.79. The summed E-state index contributed by atoms with van der Waals surface area (Å²) in [5.41, 5.74) is 5.02. The highest BCUT2D eigenvalue weighted by atomic mass is 32.2. The second kappa shape index (κ2) is 7.95. The Hall–Kier alpha value is -2.34. The van der Waals surface area contributed by atoms with E-state index in [0.717, 1.165) is 23.1 Å². The number of nitrogens with zero attached hydrogens (tertiary/aromatic N) is 2. The van der Waals surface area contributed by atoms with Crippen LogP contribution < -0.4 is 4.31 Å². The van der Waals surface area contributed by atoms with Gasteiger partial charge >= 0.3 is 0 Å². The fourth-order valence-corrected chi connectivity index (χ4v) is 5.00. The molecule has 2 aromatic rings. The van der Waals surface area contributed by atoms with E-state index in [4.69, 9.17) is 0 Å². The third-order valence-corrected chi connectivity index (χ3v) is 6.68. The first-order valence-corrected chi connectivity index (χ1v) is 11.5. The molecule has 0 saturated carbocycles. The minimum absolute atomic E-state index is 0.138. The molecular weight excluding hydrogens is 372 g/mol. The molecule has 0 radical (unpaired) electrons. The van der Waals surface area contributed by atoms with Gasteiger partial charge in [0.15, 0.2) is 0 Å². The Morgan fingerprint density at radius 3 is 2.39 bits per heavy atom. The van der Waals surface area contributed by atoms with E-state index in [1.54, 1.807) is 11.0 Å². The van der Waals surface area contributed by atoms with Gasteiger partial charge in [0.05, 0.1) is 11.9 Å². The molecule has 0 unspecified atom stereocenters. The van der Waals surface area contributed by atoms with Crippen molar-refractivity contribution < 1.29 is 13.2 Å². The van der Waals surface area contributed by atoms with E-state index in [0.29, 0.717) is 25.2 Å². The van der Waals surface area contributed by atoms with Crippen molar-refractivity contribution in [1.82, 2.24) is 4.90 Å². The maximum absolute atomic E-state index is 13.4. The van der Waals surface area contributed by atoms with Crippen molar-refractivity contribution in [3.8, 4) is 0 Å². The molecule has 0 aromatic heterocycles. The van der Waals surface area contributed by atoms with Gasteiger partial charge in [-0.05, 0) is 61.1 Å². The normalized spacial score (nSPS) is 15.1. The minimum Gasteiger partial charge on any atom is -0.336 e. The Labute approximate surface area is 168 Å². The second-order valence-corrected chi connectivity index (χ2v) is 9.39. The molecule has 1 atom stereocenters. The lowest BCUT2D eigenvalue weighted by Gasteiger charge is -2.36. The Bertz CT molecular complexity index is 985. The number of benzene rings is 2. The summed E-state index contributed by atoms with van der Waals surface area (Å²) in [6.07, 6.45) is 2.38. The molecule has 0 bridgehead atoms. The van der Waals surface area contributed by atoms with Crippen molar-refractivity contribution in [1.29, 1.82) is 0 Å². The lowest BCUT2D eigenvalue weighted by atomic mass is 9.99. The zero-order chi connectivity index (χ0) is 20.5. The van der Waals surface area contributed by atoms with Gasteiger partial charge in [0, 0.05) is 13.1 Å². The van der Waals surface area contributed by atoms with E-state index in [1.807, 2.05) is 51.1 Å². The molecule has 0 aliphatic carbocycles. The maximum Gasteiger partial charge on any atom is 0.246 e. The maximum atomic E-state index is 13.4. The number of sulfonamides is 1. The lowest BCUT2D eigenvalue weighted by molar-refractivity contribution is -0.133. The summed E-state index contributed by atoms with van der Waals surface area (Å²) in [6, 6.07) is 12.9. The third kappa shape index (κ3) is 4.07. The van der Waals surface area contributed by atoms with E-state index >= 15 is 0 Å². The van der Waals surface area contributed by atoms with Crippen molar-refractivity contribution in [2.75, 3.05) is 17.1 Å². The highest BCUT2D eigenvalue weighted by molar-refractivity contribution is 7.92. The summed E-state index contributed by atoms with van der Waals surface area (Å²) < 4.78 is 26.6. The molecule has 6 heteroatoms. The van der Waals surface area contributed by atoms with Gasteiger partial charge < -0.3 is 4.90 Å². The first-order valence-electron chi connectivity index (χ1n) is 9.64. The van der Waals surface area contributed by atoms with E-state index in [-0.39, 0.29) is 5.91 Å². The van der Waals surface area contributed by atoms with Crippen molar-refractivity contribution in [2.24, 2.45) is 0 Å². The summed E-state index contributed by atoms with van der Waals surface area (Å²) in [4.78, 5) is 15.2. The molecule has 0 fully saturated rings. The largest absolute Gasteiger partial charge is 0.336 e. The average molecular weight is 401 g/mol. The number of carbonyl (C=O) groups excluding carboxylic acids is 1. The molecule has 0 N–H and O–H groups in total. The van der Waals surface area contributed by atoms with E-state index in [2.05, 4.69) is 6.07 Å². The Balaban J connectivity index is 1.94. The molecule has 2 aromatic carbocycles. The summed E-state index contributed by atoms with van der Waals surface area (Å²) in [5.74, 6) is -0.138. The van der Waals surface area contributed by atoms with Crippen LogP contribution in [-0.2, 0) is 27.8 Å². The molecule has 1 amide bonds. The summed E-state index contributed by atoms with van der Waals surface area (Å²) >= 11 is 0. The summed E-state index contributed by atoms with van der Waals surface area (Å²) in [6.45, 7) is 6.92. The van der Waals surface area contributed by atoms with Crippen molar-refractivity contribution in [3.63, 3.8) is 0 Å². The monoisotopic (exact) mass is 400 g/mol. The molecular formula is C22H28N2O3S. The number of anilines is 1. The van der Waals surface area contributed by atoms with Gasteiger partial charge in [-0.1, -0.05) is 37.3 Å². The van der Waals surface area contributed by atoms with E-state index in [9.17, 15) is 13.2 Å². The number of hydrogen-bond acceptors (Lipinski definition) is 3. The number of carbonyl (C=O) groups is 1. The van der Waals surface area contributed by atoms with Crippen LogP contribution in [0.2, 0.25) is 0 Å². The zero-order valence-electron chi connectivity index (χ0n) is 17.0. The van der Waals surface area contributed by atoms with Crippen LogP contribution in [0.25, 0.3) is 0 Å². The number of fused-ring (bicyclic) bond motifs is 1. The third-order valence-electron chi connectivity index (χ3n) is 5.50. The smallest absolute Gasteiger partial charge is 0.246 e. The van der Waals surface area contributed by atoms with Crippen LogP contribution in [0.3, 0.4) is 0 Å². The molecule has 1 aliphatic heterocycles. The van der Waals surface area contributed by atoms with Gasteiger partial charge in [-0.3, -0.25) is 9.10 Å². The minimum atomic E-state index is -3.62. The van der Waals surface area contributed by atoms with Crippen LogP contribution in [0, 0.1) is 13.8 Å². The highest BCUT2D eigenvalue weighted by Gasteiger charge is 2.35. The molecule has 1 heterocycles. The van der Waals surface area contributed by atoms with Crippen LogP contribution in [0.4, 0.5) is 5.69 Å². The average Bonchev–Trinajstić information content (AvgIpc) is 2.66. The molecule has 150 valence electrons. The van der Waals surface area contributed by atoms with E-state index < -0.39 is 16.1 Å². The second-order valence-electron chi connectivity index (χ2n) is 7.53. The van der Waals surface area contributed by atoms with Gasteiger partial charge in [0.1, 0.15) is 6.04 Å². The first-order chi connectivity index (χ1) is 13.2. The molecule has 0 saturated heterocycles. The molecule has 3 rings (SSSR count). The quantitative estimate of drug-likeness (QED) is 0.773. The molecule has 0 spiro atoms. The predicted octanol–water partition coefficient (Wildman–Crippen LogP) is 3.43. The van der Waals surface area contributed by atoms with Gasteiger partial charge in [-0.15, -0.1) is 0 Å². The standard InChI is InChI=1S/C22H28N2O3S/c1-5-21(22(25)23-13-12-18-8-6-7-9-19(18)15-23)24(28(4,26)27)20-11-10-16(2)17(3)14-20/h6-11,14,21H,5,12-13,15H2,1-4H3/t21-/m1/s1. The highest BCUT2D eigenvalue weighted by Crippen LogP contribution is 2.27. The van der Waals surface area contributed by atoms with Gasteiger partial charge in [0.25, 0.3) is 0 Å². The van der Waals surface area contributed by atoms with Gasteiger partial charge in [-0.25, -0.2) is 8.42 Å². The van der Waals surface area contributed by atoms with Crippen LogP contribution in [-0.4, -0.2) is 38.1 Å². The van der Waals surface area contributed by atoms with Crippen LogP contribution in [0.5, 0.6) is 0 Å². The zero-order valence-corrected chi connectivity index (χ0v) is 17.8.